The van der Waals surface area contributed by atoms with Gasteiger partial charge in [0.1, 0.15) is 5.69 Å². The van der Waals surface area contributed by atoms with Gasteiger partial charge in [0.15, 0.2) is 0 Å². The van der Waals surface area contributed by atoms with E-state index >= 15 is 0 Å². The number of halogens is 1. The van der Waals surface area contributed by atoms with Crippen molar-refractivity contribution in [2.45, 2.75) is 45.1 Å². The normalized spacial score (nSPS) is 21.0. The average molecular weight is 387 g/mol. The van der Waals surface area contributed by atoms with Crippen molar-refractivity contribution in [1.82, 2.24) is 20.4 Å². The number of aromatic nitrogens is 2. The van der Waals surface area contributed by atoms with Gasteiger partial charge in [0.05, 0.1) is 5.69 Å². The van der Waals surface area contributed by atoms with Crippen molar-refractivity contribution in [3.05, 3.63) is 40.5 Å². The Bertz CT molecular complexity index is 797. The number of H-pyrrole nitrogens is 1. The van der Waals surface area contributed by atoms with Gasteiger partial charge < -0.3 is 10.2 Å². The van der Waals surface area contributed by atoms with Crippen molar-refractivity contribution < 1.29 is 4.79 Å². The fraction of sp³-hybridized carbons (Fsp3) is 0.524. The first-order valence-corrected chi connectivity index (χ1v) is 10.3. The minimum absolute atomic E-state index is 0.0570. The predicted octanol–water partition coefficient (Wildman–Crippen LogP) is 4.03. The Balaban J connectivity index is 1.43. The molecule has 2 heterocycles. The highest BCUT2D eigenvalue weighted by Gasteiger charge is 2.28. The number of carbonyl (C=O) groups excluding carboxylic acids is 1. The lowest BCUT2D eigenvalue weighted by Crippen LogP contribution is -2.43. The van der Waals surface area contributed by atoms with Crippen LogP contribution in [-0.2, 0) is 0 Å². The number of rotatable bonds is 5. The molecule has 1 aliphatic heterocycles. The molecular weight excluding hydrogens is 360 g/mol. The number of amides is 1. The molecule has 5 nitrogen and oxygen atoms in total. The van der Waals surface area contributed by atoms with E-state index in [0.29, 0.717) is 10.7 Å². The summed E-state index contributed by atoms with van der Waals surface area (Å²) in [5.41, 5.74) is 3.18. The van der Waals surface area contributed by atoms with Crippen LogP contribution in [0.1, 0.15) is 48.2 Å². The third-order valence-electron chi connectivity index (χ3n) is 5.66. The zero-order valence-electron chi connectivity index (χ0n) is 15.8. The smallest absolute Gasteiger partial charge is 0.269 e. The number of nitrogens with zero attached hydrogens (tertiary/aromatic N) is 2. The molecule has 1 amide bonds. The Morgan fingerprint density at radius 1 is 1.26 bits per heavy atom. The van der Waals surface area contributed by atoms with Gasteiger partial charge >= 0.3 is 0 Å². The minimum Gasteiger partial charge on any atom is -0.347 e. The van der Waals surface area contributed by atoms with Crippen LogP contribution in [0.25, 0.3) is 11.3 Å². The third-order valence-corrected chi connectivity index (χ3v) is 5.91. The van der Waals surface area contributed by atoms with Gasteiger partial charge in [-0.25, -0.2) is 0 Å². The van der Waals surface area contributed by atoms with Crippen molar-refractivity contribution >= 4 is 17.5 Å². The van der Waals surface area contributed by atoms with E-state index in [1.807, 2.05) is 31.2 Å². The van der Waals surface area contributed by atoms with Crippen LogP contribution in [0.3, 0.4) is 0 Å². The van der Waals surface area contributed by atoms with Crippen molar-refractivity contribution in [1.29, 1.82) is 0 Å². The Hall–Kier alpha value is -1.85. The second-order valence-electron chi connectivity index (χ2n) is 7.95. The second-order valence-corrected chi connectivity index (χ2v) is 8.38. The topological polar surface area (TPSA) is 61.0 Å². The average Bonchev–Trinajstić information content (AvgIpc) is 3.42. The van der Waals surface area contributed by atoms with Crippen molar-refractivity contribution in [3.8, 4) is 11.3 Å². The first-order chi connectivity index (χ1) is 13.1. The molecule has 6 heteroatoms. The summed E-state index contributed by atoms with van der Waals surface area (Å²) < 4.78 is 0. The molecule has 1 aliphatic carbocycles. The molecule has 1 saturated heterocycles. The largest absolute Gasteiger partial charge is 0.347 e. The van der Waals surface area contributed by atoms with Crippen LogP contribution >= 0.6 is 11.6 Å². The lowest BCUT2D eigenvalue weighted by molar-refractivity contribution is 0.0920. The molecule has 0 unspecified atom stereocenters. The molecule has 1 saturated carbocycles. The van der Waals surface area contributed by atoms with E-state index in [0.717, 1.165) is 42.2 Å². The van der Waals surface area contributed by atoms with Crippen LogP contribution in [0, 0.1) is 12.8 Å². The Morgan fingerprint density at radius 3 is 2.78 bits per heavy atom. The summed E-state index contributed by atoms with van der Waals surface area (Å²) in [6, 6.07) is 7.73. The molecule has 4 rings (SSSR count). The summed E-state index contributed by atoms with van der Waals surface area (Å²) in [4.78, 5) is 15.4. The molecule has 2 aromatic rings. The van der Waals surface area contributed by atoms with Crippen molar-refractivity contribution in [2.75, 3.05) is 19.6 Å². The van der Waals surface area contributed by atoms with Crippen molar-refractivity contribution in [3.63, 3.8) is 0 Å². The Kier molecular flexibility index (Phi) is 5.50. The molecule has 0 spiro atoms. The number of aromatic amines is 1. The number of carbonyl (C=O) groups is 1. The quantitative estimate of drug-likeness (QED) is 0.815. The van der Waals surface area contributed by atoms with E-state index in [1.54, 1.807) is 0 Å². The SMILES string of the molecule is Cc1c(-c2ccc(Cl)cc2)n[nH]c1C(=O)N[C@@H]1CCCCN(CC2CC2)C1. The van der Waals surface area contributed by atoms with Crippen molar-refractivity contribution in [2.24, 2.45) is 5.92 Å². The van der Waals surface area contributed by atoms with Gasteiger partial charge in [0, 0.05) is 35.3 Å². The zero-order chi connectivity index (χ0) is 18.8. The molecule has 1 aromatic heterocycles. The molecule has 2 N–H and O–H groups in total. The van der Waals surface area contributed by atoms with E-state index in [-0.39, 0.29) is 11.9 Å². The zero-order valence-corrected chi connectivity index (χ0v) is 16.6. The second kappa shape index (κ2) is 8.03. The molecule has 27 heavy (non-hydrogen) atoms. The lowest BCUT2D eigenvalue weighted by atomic mass is 10.1. The van der Waals surface area contributed by atoms with E-state index in [1.165, 1.54) is 32.2 Å². The fourth-order valence-corrected chi connectivity index (χ4v) is 4.06. The number of hydrogen-bond acceptors (Lipinski definition) is 3. The molecule has 1 atom stereocenters. The summed E-state index contributed by atoms with van der Waals surface area (Å²) in [5, 5.41) is 11.2. The lowest BCUT2D eigenvalue weighted by Gasteiger charge is -2.24. The summed E-state index contributed by atoms with van der Waals surface area (Å²) in [5.74, 6) is 0.828. The first kappa shape index (κ1) is 18.5. The van der Waals surface area contributed by atoms with Crippen LogP contribution in [0.15, 0.2) is 24.3 Å². The summed E-state index contributed by atoms with van der Waals surface area (Å²) in [7, 11) is 0. The Labute approximate surface area is 165 Å². The van der Waals surface area contributed by atoms with Gasteiger partial charge in [0.2, 0.25) is 0 Å². The van der Waals surface area contributed by atoms with Gasteiger partial charge in [-0.3, -0.25) is 9.89 Å². The predicted molar refractivity (Wildman–Crippen MR) is 108 cm³/mol. The Morgan fingerprint density at radius 2 is 2.04 bits per heavy atom. The molecule has 1 aromatic carbocycles. The summed E-state index contributed by atoms with van der Waals surface area (Å²) in [6.07, 6.45) is 6.18. The molecule has 2 fully saturated rings. The standard InChI is InChI=1S/C21H27ClN4O/c1-14-19(16-7-9-17(22)10-8-16)24-25-20(14)21(27)23-18-4-2-3-11-26(13-18)12-15-5-6-15/h7-10,15,18H,2-6,11-13H2,1H3,(H,23,27)(H,24,25)/t18-/m1/s1. The molecular formula is C21H27ClN4O. The van der Waals surface area contributed by atoms with Crippen LogP contribution in [0.2, 0.25) is 5.02 Å². The first-order valence-electron chi connectivity index (χ1n) is 9.94. The maximum absolute atomic E-state index is 12.9. The third kappa shape index (κ3) is 4.53. The van der Waals surface area contributed by atoms with Gasteiger partial charge in [-0.1, -0.05) is 30.2 Å². The van der Waals surface area contributed by atoms with Gasteiger partial charge in [-0.2, -0.15) is 5.10 Å². The fourth-order valence-electron chi connectivity index (χ4n) is 3.93. The van der Waals surface area contributed by atoms with E-state index in [9.17, 15) is 4.79 Å². The molecule has 0 bridgehead atoms. The van der Waals surface area contributed by atoms with Gasteiger partial charge in [0.25, 0.3) is 5.91 Å². The monoisotopic (exact) mass is 386 g/mol. The van der Waals surface area contributed by atoms with E-state index < -0.39 is 0 Å². The molecule has 2 aliphatic rings. The number of hydrogen-bond donors (Lipinski definition) is 2. The van der Waals surface area contributed by atoms with Crippen LogP contribution in [0.5, 0.6) is 0 Å². The van der Waals surface area contributed by atoms with Crippen LogP contribution < -0.4 is 5.32 Å². The number of likely N-dealkylation sites (tertiary alicyclic amines) is 1. The van der Waals surface area contributed by atoms with E-state index in [4.69, 9.17) is 11.6 Å². The summed E-state index contributed by atoms with van der Waals surface area (Å²) in [6.45, 7) is 5.25. The van der Waals surface area contributed by atoms with Gasteiger partial charge in [-0.15, -0.1) is 0 Å². The summed E-state index contributed by atoms with van der Waals surface area (Å²) >= 11 is 5.97. The highest BCUT2D eigenvalue weighted by molar-refractivity contribution is 6.30. The minimum atomic E-state index is -0.0570. The number of benzene rings is 1. The molecule has 0 radical (unpaired) electrons. The van der Waals surface area contributed by atoms with Crippen LogP contribution in [-0.4, -0.2) is 46.7 Å². The maximum Gasteiger partial charge on any atom is 0.269 e. The highest BCUT2D eigenvalue weighted by atomic mass is 35.5. The molecule has 144 valence electrons. The van der Waals surface area contributed by atoms with Crippen LogP contribution in [0.4, 0.5) is 0 Å². The van der Waals surface area contributed by atoms with Gasteiger partial charge in [-0.05, 0) is 57.2 Å². The van der Waals surface area contributed by atoms with E-state index in [2.05, 4.69) is 20.4 Å². The number of nitrogens with one attached hydrogen (secondary N) is 2. The maximum atomic E-state index is 12.9. The highest BCUT2D eigenvalue weighted by Crippen LogP contribution is 2.30.